The monoisotopic (exact) mass is 243 g/mol. The second-order valence-electron chi connectivity index (χ2n) is 4.59. The number of primary amides is 1. The van der Waals surface area contributed by atoms with E-state index in [-0.39, 0.29) is 24.6 Å². The van der Waals surface area contributed by atoms with Crippen LogP contribution in [0.15, 0.2) is 0 Å². The average Bonchev–Trinajstić information content (AvgIpc) is 2.72. The highest BCUT2D eigenvalue weighted by molar-refractivity contribution is 5.86. The SMILES string of the molecule is CC(C)N(CC(N)=O)C(=O)[C@@H]1CC[C@H](CN)O1. The van der Waals surface area contributed by atoms with E-state index in [0.29, 0.717) is 13.0 Å². The summed E-state index contributed by atoms with van der Waals surface area (Å²) in [5.74, 6) is -0.685. The molecule has 1 rings (SSSR count). The predicted octanol–water partition coefficient (Wildman–Crippen LogP) is -0.785. The standard InChI is InChI=1S/C11H21N3O3/c1-7(2)14(6-10(13)15)11(16)9-4-3-8(5-12)17-9/h7-9H,3-6,12H2,1-2H3,(H2,13,15)/t8-,9+/m1/s1. The fraction of sp³-hybridized carbons (Fsp3) is 0.818. The first kappa shape index (κ1) is 13.9. The van der Waals surface area contributed by atoms with E-state index in [1.54, 1.807) is 0 Å². The molecular weight excluding hydrogens is 222 g/mol. The molecule has 1 aliphatic rings. The van der Waals surface area contributed by atoms with E-state index in [9.17, 15) is 9.59 Å². The van der Waals surface area contributed by atoms with Crippen LogP contribution in [0.2, 0.25) is 0 Å². The van der Waals surface area contributed by atoms with Gasteiger partial charge in [0, 0.05) is 12.6 Å². The second-order valence-corrected chi connectivity index (χ2v) is 4.59. The second kappa shape index (κ2) is 5.97. The highest BCUT2D eigenvalue weighted by Gasteiger charge is 2.34. The van der Waals surface area contributed by atoms with E-state index < -0.39 is 12.0 Å². The van der Waals surface area contributed by atoms with Crippen molar-refractivity contribution in [2.75, 3.05) is 13.1 Å². The highest BCUT2D eigenvalue weighted by Crippen LogP contribution is 2.21. The normalized spacial score (nSPS) is 24.0. The molecule has 2 amide bonds. The molecule has 17 heavy (non-hydrogen) atoms. The van der Waals surface area contributed by atoms with Crippen LogP contribution < -0.4 is 11.5 Å². The lowest BCUT2D eigenvalue weighted by atomic mass is 10.1. The van der Waals surface area contributed by atoms with Gasteiger partial charge in [-0.3, -0.25) is 9.59 Å². The summed E-state index contributed by atoms with van der Waals surface area (Å²) in [6.45, 7) is 4.04. The summed E-state index contributed by atoms with van der Waals surface area (Å²) in [5.41, 5.74) is 10.6. The lowest BCUT2D eigenvalue weighted by molar-refractivity contribution is -0.146. The van der Waals surface area contributed by atoms with Gasteiger partial charge in [0.2, 0.25) is 5.91 Å². The van der Waals surface area contributed by atoms with E-state index in [1.165, 1.54) is 4.90 Å². The van der Waals surface area contributed by atoms with Crippen molar-refractivity contribution < 1.29 is 14.3 Å². The van der Waals surface area contributed by atoms with Gasteiger partial charge in [-0.05, 0) is 26.7 Å². The Morgan fingerprint density at radius 3 is 2.47 bits per heavy atom. The highest BCUT2D eigenvalue weighted by atomic mass is 16.5. The molecule has 0 spiro atoms. The molecule has 0 saturated carbocycles. The van der Waals surface area contributed by atoms with Gasteiger partial charge in [0.25, 0.3) is 5.91 Å². The molecule has 0 unspecified atom stereocenters. The number of rotatable bonds is 5. The Morgan fingerprint density at radius 2 is 2.06 bits per heavy atom. The zero-order valence-corrected chi connectivity index (χ0v) is 10.4. The van der Waals surface area contributed by atoms with Crippen LogP contribution in [0.1, 0.15) is 26.7 Å². The van der Waals surface area contributed by atoms with Crippen LogP contribution in [0.4, 0.5) is 0 Å². The largest absolute Gasteiger partial charge is 0.368 e. The molecule has 0 aromatic rings. The van der Waals surface area contributed by atoms with Crippen molar-refractivity contribution in [1.29, 1.82) is 0 Å². The Bertz CT molecular complexity index is 294. The number of hydrogen-bond acceptors (Lipinski definition) is 4. The van der Waals surface area contributed by atoms with Gasteiger partial charge in [-0.15, -0.1) is 0 Å². The molecule has 0 aromatic heterocycles. The lowest BCUT2D eigenvalue weighted by Crippen LogP contribution is -2.47. The Balaban J connectivity index is 2.62. The molecule has 0 aromatic carbocycles. The van der Waals surface area contributed by atoms with Gasteiger partial charge in [0.05, 0.1) is 12.6 Å². The zero-order chi connectivity index (χ0) is 13.0. The van der Waals surface area contributed by atoms with Crippen molar-refractivity contribution in [2.24, 2.45) is 11.5 Å². The minimum absolute atomic E-state index is 0.0495. The molecular formula is C11H21N3O3. The maximum absolute atomic E-state index is 12.1. The smallest absolute Gasteiger partial charge is 0.252 e. The van der Waals surface area contributed by atoms with E-state index in [1.807, 2.05) is 13.8 Å². The summed E-state index contributed by atoms with van der Waals surface area (Å²) in [6.07, 6.45) is 0.912. The summed E-state index contributed by atoms with van der Waals surface area (Å²) in [4.78, 5) is 24.5. The van der Waals surface area contributed by atoms with E-state index in [2.05, 4.69) is 0 Å². The molecule has 4 N–H and O–H groups in total. The third-order valence-corrected chi connectivity index (χ3v) is 2.88. The van der Waals surface area contributed by atoms with Gasteiger partial charge in [-0.1, -0.05) is 0 Å². The van der Waals surface area contributed by atoms with Gasteiger partial charge in [-0.2, -0.15) is 0 Å². The van der Waals surface area contributed by atoms with Crippen LogP contribution in [0, 0.1) is 0 Å². The molecule has 98 valence electrons. The van der Waals surface area contributed by atoms with Crippen molar-refractivity contribution in [3.05, 3.63) is 0 Å². The van der Waals surface area contributed by atoms with Crippen LogP contribution in [0.3, 0.4) is 0 Å². The fourth-order valence-corrected chi connectivity index (χ4v) is 1.93. The number of nitrogens with two attached hydrogens (primary N) is 2. The molecule has 1 heterocycles. The van der Waals surface area contributed by atoms with Crippen LogP contribution in [0.25, 0.3) is 0 Å². The number of amides is 2. The summed E-state index contributed by atoms with van der Waals surface area (Å²) in [6, 6.07) is -0.0736. The van der Waals surface area contributed by atoms with Gasteiger partial charge in [0.1, 0.15) is 6.10 Å². The van der Waals surface area contributed by atoms with Gasteiger partial charge in [0.15, 0.2) is 0 Å². The van der Waals surface area contributed by atoms with Gasteiger partial charge < -0.3 is 21.1 Å². The van der Waals surface area contributed by atoms with E-state index in [4.69, 9.17) is 16.2 Å². The maximum atomic E-state index is 12.1. The van der Waals surface area contributed by atoms with Crippen LogP contribution >= 0.6 is 0 Å². The van der Waals surface area contributed by atoms with E-state index in [0.717, 1.165) is 6.42 Å². The quantitative estimate of drug-likeness (QED) is 0.661. The zero-order valence-electron chi connectivity index (χ0n) is 10.4. The van der Waals surface area contributed by atoms with Crippen molar-refractivity contribution >= 4 is 11.8 Å². The fourth-order valence-electron chi connectivity index (χ4n) is 1.93. The molecule has 0 radical (unpaired) electrons. The Hall–Kier alpha value is -1.14. The van der Waals surface area contributed by atoms with E-state index >= 15 is 0 Å². The van der Waals surface area contributed by atoms with Crippen LogP contribution in [-0.2, 0) is 14.3 Å². The first-order valence-corrected chi connectivity index (χ1v) is 5.90. The van der Waals surface area contributed by atoms with Crippen molar-refractivity contribution in [1.82, 2.24) is 4.90 Å². The summed E-state index contributed by atoms with van der Waals surface area (Å²) in [5, 5.41) is 0. The molecule has 6 heteroatoms. The third-order valence-electron chi connectivity index (χ3n) is 2.88. The van der Waals surface area contributed by atoms with Gasteiger partial charge >= 0.3 is 0 Å². The Morgan fingerprint density at radius 1 is 1.41 bits per heavy atom. The number of carbonyl (C=O) groups excluding carboxylic acids is 2. The molecule has 2 atom stereocenters. The van der Waals surface area contributed by atoms with Crippen molar-refractivity contribution in [2.45, 2.75) is 44.9 Å². The Kier molecular flexibility index (Phi) is 4.89. The maximum Gasteiger partial charge on any atom is 0.252 e. The molecule has 6 nitrogen and oxygen atoms in total. The van der Waals surface area contributed by atoms with Crippen LogP contribution in [0.5, 0.6) is 0 Å². The molecule has 0 aliphatic carbocycles. The average molecular weight is 243 g/mol. The summed E-state index contributed by atoms with van der Waals surface area (Å²) < 4.78 is 5.52. The minimum atomic E-state index is -0.513. The first-order chi connectivity index (χ1) is 7.95. The topological polar surface area (TPSA) is 98.7 Å². The van der Waals surface area contributed by atoms with Gasteiger partial charge in [-0.25, -0.2) is 0 Å². The number of carbonyl (C=O) groups is 2. The minimum Gasteiger partial charge on any atom is -0.368 e. The molecule has 1 fully saturated rings. The number of hydrogen-bond donors (Lipinski definition) is 2. The summed E-state index contributed by atoms with van der Waals surface area (Å²) in [7, 11) is 0. The first-order valence-electron chi connectivity index (χ1n) is 5.90. The third kappa shape index (κ3) is 3.67. The Labute approximate surface area is 101 Å². The molecule has 1 aliphatic heterocycles. The molecule has 0 bridgehead atoms. The lowest BCUT2D eigenvalue weighted by Gasteiger charge is -2.28. The van der Waals surface area contributed by atoms with Crippen molar-refractivity contribution in [3.63, 3.8) is 0 Å². The number of ether oxygens (including phenoxy) is 1. The van der Waals surface area contributed by atoms with Crippen molar-refractivity contribution in [3.8, 4) is 0 Å². The van der Waals surface area contributed by atoms with Crippen LogP contribution in [-0.4, -0.2) is 48.1 Å². The number of nitrogens with zero attached hydrogens (tertiary/aromatic N) is 1. The summed E-state index contributed by atoms with van der Waals surface area (Å²) >= 11 is 0. The predicted molar refractivity (Wildman–Crippen MR) is 63.0 cm³/mol. The molecule has 1 saturated heterocycles.